The number of hydrogen-bond acceptors (Lipinski definition) is 6. The summed E-state index contributed by atoms with van der Waals surface area (Å²) in [6.45, 7) is 0.999. The van der Waals surface area contributed by atoms with Crippen LogP contribution in [-0.4, -0.2) is 28.8 Å². The normalized spacial score (nSPS) is 17.2. The van der Waals surface area contributed by atoms with Gasteiger partial charge in [-0.25, -0.2) is 0 Å². The molecule has 1 aliphatic heterocycles. The van der Waals surface area contributed by atoms with Gasteiger partial charge in [0.1, 0.15) is 11.4 Å². The van der Waals surface area contributed by atoms with Crippen LogP contribution in [0.5, 0.6) is 5.75 Å². The summed E-state index contributed by atoms with van der Waals surface area (Å²) in [5.74, 6) is 0.894. The molecule has 1 aromatic carbocycles. The molecule has 0 amide bonds. The minimum absolute atomic E-state index is 0.324. The average Bonchev–Trinajstić information content (AvgIpc) is 3.31. The van der Waals surface area contributed by atoms with Crippen molar-refractivity contribution < 1.29 is 4.74 Å². The first-order chi connectivity index (χ1) is 11.8. The number of pyridine rings is 1. The number of rotatable bonds is 4. The lowest BCUT2D eigenvalue weighted by molar-refractivity contribution is 0.414. The van der Waals surface area contributed by atoms with Gasteiger partial charge in [-0.15, -0.1) is 10.2 Å². The van der Waals surface area contributed by atoms with Gasteiger partial charge in [0.15, 0.2) is 5.01 Å². The molecular weight excluding hydrogens is 320 g/mol. The molecule has 0 saturated carbocycles. The van der Waals surface area contributed by atoms with Crippen molar-refractivity contribution in [3.8, 4) is 16.5 Å². The molecule has 0 radical (unpaired) electrons. The van der Waals surface area contributed by atoms with Crippen LogP contribution < -0.4 is 9.64 Å². The molecule has 0 aliphatic carbocycles. The number of nitrogens with zero attached hydrogens (tertiary/aromatic N) is 4. The summed E-state index contributed by atoms with van der Waals surface area (Å²) < 4.78 is 5.37. The Hall–Kier alpha value is -2.47. The monoisotopic (exact) mass is 338 g/mol. The van der Waals surface area contributed by atoms with E-state index in [0.29, 0.717) is 6.04 Å². The molecule has 3 aromatic rings. The predicted molar refractivity (Wildman–Crippen MR) is 95.5 cm³/mol. The lowest BCUT2D eigenvalue weighted by Crippen LogP contribution is -2.22. The number of benzene rings is 1. The van der Waals surface area contributed by atoms with E-state index in [1.54, 1.807) is 24.6 Å². The van der Waals surface area contributed by atoms with Crippen LogP contribution in [0.15, 0.2) is 48.7 Å². The van der Waals surface area contributed by atoms with Gasteiger partial charge in [0.2, 0.25) is 5.13 Å². The highest BCUT2D eigenvalue weighted by atomic mass is 32.1. The van der Waals surface area contributed by atoms with Gasteiger partial charge in [-0.1, -0.05) is 29.5 Å². The Bertz CT molecular complexity index is 821. The van der Waals surface area contributed by atoms with Crippen molar-refractivity contribution in [2.45, 2.75) is 18.9 Å². The highest BCUT2D eigenvalue weighted by molar-refractivity contribution is 7.18. The summed E-state index contributed by atoms with van der Waals surface area (Å²) in [5.41, 5.74) is 2.14. The van der Waals surface area contributed by atoms with Crippen molar-refractivity contribution in [3.05, 3.63) is 54.2 Å². The number of anilines is 1. The molecule has 122 valence electrons. The van der Waals surface area contributed by atoms with Gasteiger partial charge in [-0.05, 0) is 42.7 Å². The van der Waals surface area contributed by atoms with Crippen molar-refractivity contribution in [1.82, 2.24) is 15.2 Å². The SMILES string of the molecule is COc1cccc([C@@H]2CCCN2c2nnc(-c3ccccn3)s2)c1. The zero-order valence-corrected chi connectivity index (χ0v) is 14.2. The number of methoxy groups -OCH3 is 1. The highest BCUT2D eigenvalue weighted by Crippen LogP contribution is 2.39. The third-order valence-electron chi connectivity index (χ3n) is 4.28. The summed E-state index contributed by atoms with van der Waals surface area (Å²) >= 11 is 1.60. The molecule has 24 heavy (non-hydrogen) atoms. The lowest BCUT2D eigenvalue weighted by Gasteiger charge is -2.24. The molecule has 4 rings (SSSR count). The fourth-order valence-corrected chi connectivity index (χ4v) is 4.01. The van der Waals surface area contributed by atoms with E-state index in [1.807, 2.05) is 30.3 Å². The second-order valence-corrected chi connectivity index (χ2v) is 6.69. The van der Waals surface area contributed by atoms with Crippen LogP contribution >= 0.6 is 11.3 Å². The largest absolute Gasteiger partial charge is 0.497 e. The minimum Gasteiger partial charge on any atom is -0.497 e. The topological polar surface area (TPSA) is 51.1 Å². The molecule has 1 atom stereocenters. The predicted octanol–water partition coefficient (Wildman–Crippen LogP) is 3.95. The van der Waals surface area contributed by atoms with E-state index in [1.165, 1.54) is 5.56 Å². The van der Waals surface area contributed by atoms with E-state index in [2.05, 4.69) is 32.2 Å². The summed E-state index contributed by atoms with van der Waals surface area (Å²) in [7, 11) is 1.70. The lowest BCUT2D eigenvalue weighted by atomic mass is 10.0. The Morgan fingerprint density at radius 1 is 1.17 bits per heavy atom. The molecule has 2 aromatic heterocycles. The van der Waals surface area contributed by atoms with E-state index >= 15 is 0 Å². The summed E-state index contributed by atoms with van der Waals surface area (Å²) in [6.07, 6.45) is 4.05. The standard InChI is InChI=1S/C18H18N4OS/c1-23-14-7-4-6-13(12-14)16-9-5-11-22(16)18-21-20-17(24-18)15-8-2-3-10-19-15/h2-4,6-8,10,12,16H,5,9,11H2,1H3/t16-/m0/s1. The fourth-order valence-electron chi connectivity index (χ4n) is 3.12. The zero-order chi connectivity index (χ0) is 16.4. The first-order valence-corrected chi connectivity index (χ1v) is 8.82. The number of ether oxygens (including phenoxy) is 1. The van der Waals surface area contributed by atoms with E-state index in [-0.39, 0.29) is 0 Å². The van der Waals surface area contributed by atoms with E-state index < -0.39 is 0 Å². The Balaban J connectivity index is 1.62. The van der Waals surface area contributed by atoms with Crippen LogP contribution in [-0.2, 0) is 0 Å². The first-order valence-electron chi connectivity index (χ1n) is 8.00. The van der Waals surface area contributed by atoms with E-state index in [0.717, 1.165) is 41.0 Å². The van der Waals surface area contributed by atoms with Crippen molar-refractivity contribution in [2.75, 3.05) is 18.6 Å². The molecule has 6 heteroatoms. The average molecular weight is 338 g/mol. The van der Waals surface area contributed by atoms with Gasteiger partial charge in [0, 0.05) is 12.7 Å². The molecule has 0 bridgehead atoms. The quantitative estimate of drug-likeness (QED) is 0.721. The van der Waals surface area contributed by atoms with Gasteiger partial charge >= 0.3 is 0 Å². The molecule has 0 unspecified atom stereocenters. The Morgan fingerprint density at radius 3 is 2.96 bits per heavy atom. The Labute approximate surface area is 145 Å². The second kappa shape index (κ2) is 6.57. The third kappa shape index (κ3) is 2.85. The van der Waals surface area contributed by atoms with Gasteiger partial charge in [0.25, 0.3) is 0 Å². The maximum Gasteiger partial charge on any atom is 0.209 e. The molecule has 1 saturated heterocycles. The molecule has 5 nitrogen and oxygen atoms in total. The highest BCUT2D eigenvalue weighted by Gasteiger charge is 2.29. The molecule has 0 N–H and O–H groups in total. The van der Waals surface area contributed by atoms with Crippen LogP contribution in [0.1, 0.15) is 24.4 Å². The van der Waals surface area contributed by atoms with Crippen LogP contribution in [0.3, 0.4) is 0 Å². The van der Waals surface area contributed by atoms with Crippen LogP contribution in [0.4, 0.5) is 5.13 Å². The van der Waals surface area contributed by atoms with Crippen LogP contribution in [0, 0.1) is 0 Å². The van der Waals surface area contributed by atoms with Crippen LogP contribution in [0.25, 0.3) is 10.7 Å². The summed E-state index contributed by atoms with van der Waals surface area (Å²) in [5, 5.41) is 10.6. The fraction of sp³-hybridized carbons (Fsp3) is 0.278. The van der Waals surface area contributed by atoms with E-state index in [9.17, 15) is 0 Å². The van der Waals surface area contributed by atoms with Gasteiger partial charge < -0.3 is 9.64 Å². The molecular formula is C18H18N4OS. The number of hydrogen-bond donors (Lipinski definition) is 0. The van der Waals surface area contributed by atoms with Gasteiger partial charge in [-0.2, -0.15) is 0 Å². The maximum absolute atomic E-state index is 5.37. The van der Waals surface area contributed by atoms with Crippen molar-refractivity contribution in [1.29, 1.82) is 0 Å². The Morgan fingerprint density at radius 2 is 2.12 bits per heavy atom. The van der Waals surface area contributed by atoms with Crippen LogP contribution in [0.2, 0.25) is 0 Å². The summed E-state index contributed by atoms with van der Waals surface area (Å²) in [4.78, 5) is 6.71. The molecule has 3 heterocycles. The third-order valence-corrected chi connectivity index (χ3v) is 5.26. The Kier molecular flexibility index (Phi) is 4.13. The van der Waals surface area contributed by atoms with Crippen molar-refractivity contribution in [2.24, 2.45) is 0 Å². The van der Waals surface area contributed by atoms with Gasteiger partial charge in [0.05, 0.1) is 13.2 Å². The molecule has 1 aliphatic rings. The smallest absolute Gasteiger partial charge is 0.209 e. The second-order valence-electron chi connectivity index (χ2n) is 5.73. The molecule has 1 fully saturated rings. The van der Waals surface area contributed by atoms with Crippen molar-refractivity contribution >= 4 is 16.5 Å². The molecule has 0 spiro atoms. The van der Waals surface area contributed by atoms with E-state index in [4.69, 9.17) is 4.74 Å². The van der Waals surface area contributed by atoms with Crippen molar-refractivity contribution in [3.63, 3.8) is 0 Å². The maximum atomic E-state index is 5.37. The minimum atomic E-state index is 0.324. The zero-order valence-electron chi connectivity index (χ0n) is 13.4. The summed E-state index contributed by atoms with van der Waals surface area (Å²) in [6, 6.07) is 14.5. The number of aromatic nitrogens is 3. The first kappa shape index (κ1) is 15.1. The van der Waals surface area contributed by atoms with Gasteiger partial charge in [-0.3, -0.25) is 4.98 Å².